The second-order valence-electron chi connectivity index (χ2n) is 6.77. The van der Waals surface area contributed by atoms with Crippen LogP contribution in [0.3, 0.4) is 0 Å². The number of aryl methyl sites for hydroxylation is 1. The number of benzene rings is 1. The van der Waals surface area contributed by atoms with Crippen LogP contribution in [-0.4, -0.2) is 61.9 Å². The summed E-state index contributed by atoms with van der Waals surface area (Å²) < 4.78 is 1.64. The van der Waals surface area contributed by atoms with Crippen LogP contribution in [0.4, 0.5) is 5.82 Å². The number of amides is 1. The maximum atomic E-state index is 13.0. The van der Waals surface area contributed by atoms with Crippen LogP contribution < -0.4 is 4.90 Å². The minimum Gasteiger partial charge on any atom is -0.351 e. The van der Waals surface area contributed by atoms with E-state index >= 15 is 0 Å². The van der Waals surface area contributed by atoms with Gasteiger partial charge in [-0.2, -0.15) is 0 Å². The second kappa shape index (κ2) is 7.30. The first kappa shape index (κ1) is 17.4. The van der Waals surface area contributed by atoms with E-state index in [-0.39, 0.29) is 11.8 Å². The standard InChI is InChI=1S/C19H23N7O/c1-3-15(14-7-5-4-6-8-14)19(27)26-11-9-25(10-12-26)18-16-17(20-13-21-18)24(2)23-22-16/h4-8,13,15H,3,9-12H2,1-2H3/t15-/m1/s1. The molecule has 8 heteroatoms. The van der Waals surface area contributed by atoms with Crippen molar-refractivity contribution in [2.75, 3.05) is 31.1 Å². The van der Waals surface area contributed by atoms with Crippen molar-refractivity contribution in [2.45, 2.75) is 19.3 Å². The molecule has 0 radical (unpaired) electrons. The lowest BCUT2D eigenvalue weighted by molar-refractivity contribution is -0.133. The maximum absolute atomic E-state index is 13.0. The monoisotopic (exact) mass is 365 g/mol. The number of aromatic nitrogens is 5. The Kier molecular flexibility index (Phi) is 4.70. The van der Waals surface area contributed by atoms with Crippen LogP contribution in [0.25, 0.3) is 11.2 Å². The smallest absolute Gasteiger partial charge is 0.230 e. The van der Waals surface area contributed by atoms with Gasteiger partial charge in [0.1, 0.15) is 6.33 Å². The number of hydrogen-bond donors (Lipinski definition) is 0. The summed E-state index contributed by atoms with van der Waals surface area (Å²) in [5.41, 5.74) is 2.51. The Bertz CT molecular complexity index is 932. The summed E-state index contributed by atoms with van der Waals surface area (Å²) in [6, 6.07) is 10.0. The third kappa shape index (κ3) is 3.22. The predicted molar refractivity (Wildman–Crippen MR) is 102 cm³/mol. The Morgan fingerprint density at radius 3 is 2.56 bits per heavy atom. The van der Waals surface area contributed by atoms with Gasteiger partial charge in [0.05, 0.1) is 5.92 Å². The number of nitrogens with zero attached hydrogens (tertiary/aromatic N) is 7. The van der Waals surface area contributed by atoms with Gasteiger partial charge in [-0.15, -0.1) is 5.10 Å². The normalized spacial score (nSPS) is 15.9. The van der Waals surface area contributed by atoms with E-state index in [1.165, 1.54) is 0 Å². The van der Waals surface area contributed by atoms with Gasteiger partial charge in [-0.05, 0) is 12.0 Å². The molecule has 2 aromatic heterocycles. The number of anilines is 1. The molecule has 1 amide bonds. The molecule has 27 heavy (non-hydrogen) atoms. The van der Waals surface area contributed by atoms with Crippen molar-refractivity contribution >= 4 is 22.9 Å². The molecule has 0 bridgehead atoms. The lowest BCUT2D eigenvalue weighted by atomic mass is 9.95. The van der Waals surface area contributed by atoms with Crippen LogP contribution in [0.15, 0.2) is 36.7 Å². The summed E-state index contributed by atoms with van der Waals surface area (Å²) >= 11 is 0. The highest BCUT2D eigenvalue weighted by molar-refractivity contribution is 5.85. The van der Waals surface area contributed by atoms with E-state index in [1.54, 1.807) is 11.0 Å². The van der Waals surface area contributed by atoms with Gasteiger partial charge in [-0.3, -0.25) is 4.79 Å². The van der Waals surface area contributed by atoms with E-state index in [2.05, 4.69) is 32.1 Å². The summed E-state index contributed by atoms with van der Waals surface area (Å²) in [5.74, 6) is 0.912. The van der Waals surface area contributed by atoms with Crippen LogP contribution in [0.5, 0.6) is 0 Å². The number of fused-ring (bicyclic) bond motifs is 1. The Morgan fingerprint density at radius 2 is 1.85 bits per heavy atom. The molecule has 140 valence electrons. The molecule has 1 aromatic carbocycles. The molecule has 0 aliphatic carbocycles. The van der Waals surface area contributed by atoms with Gasteiger partial charge >= 0.3 is 0 Å². The molecule has 3 heterocycles. The minimum atomic E-state index is -0.0801. The van der Waals surface area contributed by atoms with Gasteiger partial charge < -0.3 is 9.80 Å². The topological polar surface area (TPSA) is 80.0 Å². The van der Waals surface area contributed by atoms with Crippen LogP contribution in [-0.2, 0) is 11.8 Å². The van der Waals surface area contributed by atoms with E-state index in [0.29, 0.717) is 24.3 Å². The van der Waals surface area contributed by atoms with Crippen molar-refractivity contribution in [3.8, 4) is 0 Å². The number of hydrogen-bond acceptors (Lipinski definition) is 6. The van der Waals surface area contributed by atoms with Crippen molar-refractivity contribution in [3.05, 3.63) is 42.2 Å². The highest BCUT2D eigenvalue weighted by atomic mass is 16.2. The van der Waals surface area contributed by atoms with Crippen molar-refractivity contribution in [1.82, 2.24) is 29.9 Å². The van der Waals surface area contributed by atoms with Gasteiger partial charge in [0.2, 0.25) is 5.91 Å². The molecule has 1 saturated heterocycles. The summed E-state index contributed by atoms with van der Waals surface area (Å²) in [5, 5.41) is 8.23. The zero-order chi connectivity index (χ0) is 18.8. The van der Waals surface area contributed by atoms with E-state index in [9.17, 15) is 4.79 Å². The Hall–Kier alpha value is -3.03. The second-order valence-corrected chi connectivity index (χ2v) is 6.77. The lowest BCUT2D eigenvalue weighted by Crippen LogP contribution is -2.50. The molecule has 1 atom stereocenters. The van der Waals surface area contributed by atoms with Crippen molar-refractivity contribution in [1.29, 1.82) is 0 Å². The van der Waals surface area contributed by atoms with Crippen LogP contribution >= 0.6 is 0 Å². The summed E-state index contributed by atoms with van der Waals surface area (Å²) in [6.07, 6.45) is 2.34. The number of piperazine rings is 1. The molecule has 0 N–H and O–H groups in total. The molecule has 0 spiro atoms. The van der Waals surface area contributed by atoms with E-state index in [1.807, 2.05) is 42.3 Å². The average Bonchev–Trinajstić information content (AvgIpc) is 3.11. The van der Waals surface area contributed by atoms with E-state index in [4.69, 9.17) is 0 Å². The van der Waals surface area contributed by atoms with E-state index < -0.39 is 0 Å². The van der Waals surface area contributed by atoms with Gasteiger partial charge in [0, 0.05) is 33.2 Å². The van der Waals surface area contributed by atoms with Gasteiger partial charge in [0.15, 0.2) is 17.0 Å². The molecule has 1 fully saturated rings. The highest BCUT2D eigenvalue weighted by Gasteiger charge is 2.28. The summed E-state index contributed by atoms with van der Waals surface area (Å²) in [6.45, 7) is 4.86. The molecule has 4 rings (SSSR count). The quantitative estimate of drug-likeness (QED) is 0.699. The Morgan fingerprint density at radius 1 is 1.11 bits per heavy atom. The fraction of sp³-hybridized carbons (Fsp3) is 0.421. The van der Waals surface area contributed by atoms with Gasteiger partial charge in [-0.1, -0.05) is 42.5 Å². The first-order chi connectivity index (χ1) is 13.2. The molecular weight excluding hydrogens is 342 g/mol. The number of carbonyl (C=O) groups excluding carboxylic acids is 1. The third-order valence-electron chi connectivity index (χ3n) is 5.17. The molecule has 8 nitrogen and oxygen atoms in total. The average molecular weight is 365 g/mol. The Labute approximate surface area is 157 Å². The zero-order valence-corrected chi connectivity index (χ0v) is 15.6. The van der Waals surface area contributed by atoms with Crippen LogP contribution in [0.2, 0.25) is 0 Å². The molecule has 1 aliphatic rings. The van der Waals surface area contributed by atoms with Crippen molar-refractivity contribution in [3.63, 3.8) is 0 Å². The van der Waals surface area contributed by atoms with Gasteiger partial charge in [-0.25, -0.2) is 14.6 Å². The fourth-order valence-corrected chi connectivity index (χ4v) is 3.67. The van der Waals surface area contributed by atoms with Gasteiger partial charge in [0.25, 0.3) is 0 Å². The Balaban J connectivity index is 1.47. The lowest BCUT2D eigenvalue weighted by Gasteiger charge is -2.37. The fourth-order valence-electron chi connectivity index (χ4n) is 3.67. The molecular formula is C19H23N7O. The van der Waals surface area contributed by atoms with E-state index in [0.717, 1.165) is 30.9 Å². The number of rotatable bonds is 4. The first-order valence-electron chi connectivity index (χ1n) is 9.28. The summed E-state index contributed by atoms with van der Waals surface area (Å²) in [7, 11) is 1.82. The highest BCUT2D eigenvalue weighted by Crippen LogP contribution is 2.25. The van der Waals surface area contributed by atoms with Crippen molar-refractivity contribution in [2.24, 2.45) is 7.05 Å². The van der Waals surface area contributed by atoms with Crippen LogP contribution in [0.1, 0.15) is 24.8 Å². The zero-order valence-electron chi connectivity index (χ0n) is 15.6. The van der Waals surface area contributed by atoms with Crippen LogP contribution in [0, 0.1) is 0 Å². The first-order valence-corrected chi connectivity index (χ1v) is 9.28. The maximum Gasteiger partial charge on any atom is 0.230 e. The molecule has 1 aliphatic heterocycles. The molecule has 0 saturated carbocycles. The van der Waals surface area contributed by atoms with Crippen molar-refractivity contribution < 1.29 is 4.79 Å². The predicted octanol–water partition coefficient (Wildman–Crippen LogP) is 1.60. The summed E-state index contributed by atoms with van der Waals surface area (Å²) in [4.78, 5) is 25.8. The molecule has 3 aromatic rings. The minimum absolute atomic E-state index is 0.0801. The third-order valence-corrected chi connectivity index (χ3v) is 5.17. The molecule has 0 unspecified atom stereocenters. The number of carbonyl (C=O) groups is 1. The SMILES string of the molecule is CC[C@@H](C(=O)N1CCN(c2ncnc3c2nnn3C)CC1)c1ccccc1. The largest absolute Gasteiger partial charge is 0.351 e.